The molecule has 1 N–H and O–H groups in total. The number of amides is 1. The quantitative estimate of drug-likeness (QED) is 0.775. The lowest BCUT2D eigenvalue weighted by atomic mass is 9.84. The molecule has 6 rings (SSSR count). The molecular weight excluding hydrogens is 336 g/mol. The molecule has 8 heteroatoms. The molecule has 0 radical (unpaired) electrons. The highest BCUT2D eigenvalue weighted by Gasteiger charge is 2.35. The molecule has 128 valence electrons. The molecule has 3 aromatic heterocycles. The van der Waals surface area contributed by atoms with Crippen molar-refractivity contribution >= 4 is 27.3 Å². The van der Waals surface area contributed by atoms with Gasteiger partial charge in [-0.25, -0.2) is 14.6 Å². The van der Waals surface area contributed by atoms with Gasteiger partial charge in [0.05, 0.1) is 10.4 Å². The minimum Gasteiger partial charge on any atom is -0.346 e. The van der Waals surface area contributed by atoms with E-state index in [0.29, 0.717) is 11.6 Å². The van der Waals surface area contributed by atoms with Crippen LogP contribution in [0.1, 0.15) is 23.3 Å². The molecule has 3 aliphatic rings. The first-order chi connectivity index (χ1) is 12.3. The number of hydrogen-bond acceptors (Lipinski definition) is 6. The zero-order valence-electron chi connectivity index (χ0n) is 13.6. The van der Waals surface area contributed by atoms with Gasteiger partial charge in [-0.1, -0.05) is 0 Å². The predicted molar refractivity (Wildman–Crippen MR) is 95.0 cm³/mol. The van der Waals surface area contributed by atoms with Crippen molar-refractivity contribution in [1.29, 1.82) is 0 Å². The van der Waals surface area contributed by atoms with Gasteiger partial charge < -0.3 is 10.2 Å². The monoisotopic (exact) mass is 354 g/mol. The summed E-state index contributed by atoms with van der Waals surface area (Å²) in [6.07, 6.45) is 7.29. The van der Waals surface area contributed by atoms with E-state index in [-0.39, 0.29) is 11.9 Å². The van der Waals surface area contributed by atoms with E-state index < -0.39 is 0 Å². The first-order valence-electron chi connectivity index (χ1n) is 8.53. The molecule has 0 saturated carbocycles. The summed E-state index contributed by atoms with van der Waals surface area (Å²) in [6, 6.07) is 2.10. The minimum absolute atomic E-state index is 0.0867. The van der Waals surface area contributed by atoms with Crippen LogP contribution in [-0.2, 0) is 0 Å². The van der Waals surface area contributed by atoms with E-state index in [1.165, 1.54) is 19.2 Å². The van der Waals surface area contributed by atoms with Gasteiger partial charge in [0.1, 0.15) is 18.3 Å². The van der Waals surface area contributed by atoms with Gasteiger partial charge in [0.25, 0.3) is 5.91 Å². The molecule has 6 heterocycles. The molecule has 0 aliphatic carbocycles. The summed E-state index contributed by atoms with van der Waals surface area (Å²) in [6.45, 7) is 3.29. The van der Waals surface area contributed by atoms with Gasteiger partial charge in [0.2, 0.25) is 0 Å². The molecular formula is C17H18N6OS. The Morgan fingerprint density at radius 1 is 1.32 bits per heavy atom. The van der Waals surface area contributed by atoms with Crippen molar-refractivity contribution in [1.82, 2.24) is 30.0 Å². The van der Waals surface area contributed by atoms with Crippen LogP contribution in [0.4, 0.5) is 0 Å². The smallest absolute Gasteiger partial charge is 0.270 e. The van der Waals surface area contributed by atoms with E-state index >= 15 is 0 Å². The number of hydrogen-bond donors (Lipinski definition) is 1. The highest BCUT2D eigenvalue weighted by molar-refractivity contribution is 7.17. The molecule has 2 bridgehead atoms. The number of nitrogens with one attached hydrogen (secondary N) is 1. The maximum Gasteiger partial charge on any atom is 0.270 e. The third-order valence-corrected chi connectivity index (χ3v) is 6.23. The number of fused-ring (bicyclic) bond motifs is 4. The zero-order valence-corrected chi connectivity index (χ0v) is 14.4. The SMILES string of the molecule is O=C(NC1CN2CCC1CC2)c1cc2c(-n3cncn3)csc2cn1. The van der Waals surface area contributed by atoms with Crippen LogP contribution in [0.25, 0.3) is 15.8 Å². The lowest BCUT2D eigenvalue weighted by molar-refractivity contribution is 0.0618. The highest BCUT2D eigenvalue weighted by Crippen LogP contribution is 2.29. The number of aromatic nitrogens is 4. The van der Waals surface area contributed by atoms with Crippen LogP contribution < -0.4 is 5.32 Å². The summed E-state index contributed by atoms with van der Waals surface area (Å²) < 4.78 is 2.75. The van der Waals surface area contributed by atoms with Crippen LogP contribution in [0.15, 0.2) is 30.3 Å². The average molecular weight is 354 g/mol. The van der Waals surface area contributed by atoms with E-state index in [1.807, 2.05) is 11.4 Å². The lowest BCUT2D eigenvalue weighted by Crippen LogP contribution is -2.57. The van der Waals surface area contributed by atoms with E-state index in [0.717, 1.165) is 35.4 Å². The predicted octanol–water partition coefficient (Wildman–Crippen LogP) is 1.70. The van der Waals surface area contributed by atoms with Gasteiger partial charge in [-0.15, -0.1) is 11.3 Å². The Bertz CT molecular complexity index is 913. The van der Waals surface area contributed by atoms with Crippen molar-refractivity contribution in [2.75, 3.05) is 19.6 Å². The molecule has 0 spiro atoms. The molecule has 7 nitrogen and oxygen atoms in total. The fraction of sp³-hybridized carbons (Fsp3) is 0.412. The summed E-state index contributed by atoms with van der Waals surface area (Å²) in [5.41, 5.74) is 1.39. The molecule has 25 heavy (non-hydrogen) atoms. The molecule has 3 saturated heterocycles. The third kappa shape index (κ3) is 2.61. The first-order valence-corrected chi connectivity index (χ1v) is 9.41. The van der Waals surface area contributed by atoms with Crippen LogP contribution in [0.3, 0.4) is 0 Å². The Balaban J connectivity index is 1.42. The fourth-order valence-corrected chi connectivity index (χ4v) is 4.80. The number of pyridine rings is 1. The highest BCUT2D eigenvalue weighted by atomic mass is 32.1. The summed E-state index contributed by atoms with van der Waals surface area (Å²) in [5, 5.41) is 10.4. The zero-order chi connectivity index (χ0) is 16.8. The van der Waals surface area contributed by atoms with E-state index in [4.69, 9.17) is 0 Å². The van der Waals surface area contributed by atoms with E-state index in [2.05, 4.69) is 25.3 Å². The van der Waals surface area contributed by atoms with Crippen LogP contribution in [0, 0.1) is 5.92 Å². The number of carbonyl (C=O) groups is 1. The number of piperidine rings is 3. The largest absolute Gasteiger partial charge is 0.346 e. The van der Waals surface area contributed by atoms with Crippen molar-refractivity contribution in [3.05, 3.63) is 36.0 Å². The van der Waals surface area contributed by atoms with Crippen LogP contribution in [0.5, 0.6) is 0 Å². The number of carbonyl (C=O) groups excluding carboxylic acids is 1. The number of rotatable bonds is 3. The average Bonchev–Trinajstić information content (AvgIpc) is 3.31. The molecule has 1 unspecified atom stereocenters. The third-order valence-electron chi connectivity index (χ3n) is 5.31. The van der Waals surface area contributed by atoms with Crippen molar-refractivity contribution in [2.45, 2.75) is 18.9 Å². The Hall–Kier alpha value is -2.32. The maximum absolute atomic E-state index is 12.7. The van der Waals surface area contributed by atoms with Crippen molar-refractivity contribution in [3.8, 4) is 5.69 Å². The van der Waals surface area contributed by atoms with Gasteiger partial charge in [-0.2, -0.15) is 5.10 Å². The Labute approximate surface area is 148 Å². The molecule has 0 aromatic carbocycles. The van der Waals surface area contributed by atoms with Gasteiger partial charge in [0.15, 0.2) is 0 Å². The second-order valence-electron chi connectivity index (χ2n) is 6.74. The van der Waals surface area contributed by atoms with Gasteiger partial charge in [0, 0.05) is 29.5 Å². The maximum atomic E-state index is 12.7. The second kappa shape index (κ2) is 5.89. The lowest BCUT2D eigenvalue weighted by Gasteiger charge is -2.44. The normalized spacial score (nSPS) is 25.4. The van der Waals surface area contributed by atoms with Crippen molar-refractivity contribution in [2.24, 2.45) is 5.92 Å². The van der Waals surface area contributed by atoms with Crippen LogP contribution in [-0.4, -0.2) is 56.2 Å². The van der Waals surface area contributed by atoms with Crippen molar-refractivity contribution < 1.29 is 4.79 Å². The molecule has 1 atom stereocenters. The van der Waals surface area contributed by atoms with Gasteiger partial charge >= 0.3 is 0 Å². The Kier molecular flexibility index (Phi) is 3.53. The van der Waals surface area contributed by atoms with Gasteiger partial charge in [-0.3, -0.25) is 4.79 Å². The fourth-order valence-electron chi connectivity index (χ4n) is 3.92. The van der Waals surface area contributed by atoms with E-state index in [1.54, 1.807) is 28.5 Å². The Morgan fingerprint density at radius 3 is 2.92 bits per heavy atom. The van der Waals surface area contributed by atoms with E-state index in [9.17, 15) is 4.79 Å². The minimum atomic E-state index is -0.0867. The summed E-state index contributed by atoms with van der Waals surface area (Å²) in [5.74, 6) is 0.515. The number of thiophene rings is 1. The molecule has 3 fully saturated rings. The molecule has 3 aromatic rings. The standard InChI is InChI=1S/C17H18N6OS/c24-17(21-14-7-22-3-1-11(14)2-4-22)13-5-12-15(23-10-18-9-20-23)8-25-16(12)6-19-13/h5-6,8-11,14H,1-4,7H2,(H,21,24). The van der Waals surface area contributed by atoms with Crippen LogP contribution >= 0.6 is 11.3 Å². The number of nitrogens with zero attached hydrogens (tertiary/aromatic N) is 5. The summed E-state index contributed by atoms with van der Waals surface area (Å²) in [7, 11) is 0. The second-order valence-corrected chi connectivity index (χ2v) is 7.66. The summed E-state index contributed by atoms with van der Waals surface area (Å²) in [4.78, 5) is 23.5. The molecule has 3 aliphatic heterocycles. The molecule has 1 amide bonds. The topological polar surface area (TPSA) is 75.9 Å². The van der Waals surface area contributed by atoms with Gasteiger partial charge in [-0.05, 0) is 37.9 Å². The van der Waals surface area contributed by atoms with Crippen molar-refractivity contribution in [3.63, 3.8) is 0 Å². The first kappa shape index (κ1) is 15.0. The summed E-state index contributed by atoms with van der Waals surface area (Å²) >= 11 is 1.59. The Morgan fingerprint density at radius 2 is 2.20 bits per heavy atom. The van der Waals surface area contributed by atoms with Crippen LogP contribution in [0.2, 0.25) is 0 Å².